The first kappa shape index (κ1) is 12.5. The maximum absolute atomic E-state index is 13.1. The smallest absolute Gasteiger partial charge is 0.241 e. The lowest BCUT2D eigenvalue weighted by Crippen LogP contribution is -2.04. The van der Waals surface area contributed by atoms with E-state index in [0.29, 0.717) is 6.20 Å². The zero-order valence-corrected chi connectivity index (χ0v) is 9.04. The summed E-state index contributed by atoms with van der Waals surface area (Å²) in [6.45, 7) is 0. The van der Waals surface area contributed by atoms with Crippen LogP contribution in [0, 0.1) is 5.82 Å². The van der Waals surface area contributed by atoms with Gasteiger partial charge in [-0.1, -0.05) is 11.6 Å². The van der Waals surface area contributed by atoms with E-state index in [1.165, 1.54) is 0 Å². The molecule has 0 amide bonds. The van der Waals surface area contributed by atoms with Crippen LogP contribution in [0.1, 0.15) is 12.0 Å². The van der Waals surface area contributed by atoms with Crippen molar-refractivity contribution in [3.8, 4) is 0 Å². The molecule has 0 aliphatic heterocycles. The Kier molecular flexibility index (Phi) is 3.47. The van der Waals surface area contributed by atoms with Crippen LogP contribution >= 0.6 is 22.3 Å². The summed E-state index contributed by atoms with van der Waals surface area (Å²) in [5, 5.41) is -0.835. The molecule has 1 rings (SSSR count). The Balaban J connectivity index is 3.65. The van der Waals surface area contributed by atoms with Crippen molar-refractivity contribution < 1.29 is 21.6 Å². The van der Waals surface area contributed by atoms with Gasteiger partial charge in [0.05, 0.1) is 5.56 Å². The lowest BCUT2D eigenvalue weighted by atomic mass is 10.3. The second kappa shape index (κ2) is 4.15. The summed E-state index contributed by atoms with van der Waals surface area (Å²) in [4.78, 5) is 1.73. The van der Waals surface area contributed by atoms with Crippen molar-refractivity contribution in [3.63, 3.8) is 0 Å². The topological polar surface area (TPSA) is 47.0 Å². The molecule has 84 valence electrons. The largest absolute Gasteiger partial charge is 0.266 e. The summed E-state index contributed by atoms with van der Waals surface area (Å²) in [7, 11) is 0.159. The molecule has 0 saturated carbocycles. The average molecular weight is 280 g/mol. The number of halogens is 5. The molecule has 9 heteroatoms. The molecule has 1 aromatic rings. The fourth-order valence-corrected chi connectivity index (χ4v) is 2.27. The highest BCUT2D eigenvalue weighted by Gasteiger charge is 2.28. The number of hydrogen-bond donors (Lipinski definition) is 0. The molecule has 0 aliphatic carbocycles. The quantitative estimate of drug-likeness (QED) is 0.618. The van der Waals surface area contributed by atoms with Crippen molar-refractivity contribution in [3.05, 3.63) is 22.7 Å². The molecule has 0 N–H and O–H groups in total. The van der Waals surface area contributed by atoms with Crippen LogP contribution in [0.3, 0.4) is 0 Å². The summed E-state index contributed by atoms with van der Waals surface area (Å²) < 4.78 is 59.4. The van der Waals surface area contributed by atoms with Gasteiger partial charge in [0.1, 0.15) is 4.90 Å². The molecule has 0 atom stereocenters. The third-order valence-electron chi connectivity index (χ3n) is 1.44. The molecule has 0 bridgehead atoms. The standard InChI is InChI=1S/C6H2Cl2F3NO2S/c7-5-3(9)4(15(8,13)14)2(1-12-5)6(10)11/h1,6H. The van der Waals surface area contributed by atoms with Gasteiger partial charge in [0.25, 0.3) is 15.5 Å². The highest BCUT2D eigenvalue weighted by atomic mass is 35.7. The maximum atomic E-state index is 13.1. The second-order valence-electron chi connectivity index (χ2n) is 2.39. The van der Waals surface area contributed by atoms with Crippen LogP contribution in [0.5, 0.6) is 0 Å². The number of rotatable bonds is 2. The van der Waals surface area contributed by atoms with Gasteiger partial charge in [0.2, 0.25) is 0 Å². The summed E-state index contributed by atoms with van der Waals surface area (Å²) in [5.74, 6) is -1.58. The van der Waals surface area contributed by atoms with Crippen molar-refractivity contribution in [2.45, 2.75) is 11.3 Å². The molecule has 0 spiro atoms. The molecular formula is C6H2Cl2F3NO2S. The van der Waals surface area contributed by atoms with E-state index in [2.05, 4.69) is 4.98 Å². The molecule has 15 heavy (non-hydrogen) atoms. The van der Waals surface area contributed by atoms with Crippen LogP contribution in [0.15, 0.2) is 11.1 Å². The van der Waals surface area contributed by atoms with Crippen molar-refractivity contribution >= 4 is 31.3 Å². The van der Waals surface area contributed by atoms with Crippen molar-refractivity contribution in [1.82, 2.24) is 4.98 Å². The average Bonchev–Trinajstić information content (AvgIpc) is 2.06. The number of aromatic nitrogens is 1. The van der Waals surface area contributed by atoms with Gasteiger partial charge in [-0.05, 0) is 0 Å². The Bertz CT molecular complexity index is 491. The minimum atomic E-state index is -4.64. The third-order valence-corrected chi connectivity index (χ3v) is 3.07. The van der Waals surface area contributed by atoms with E-state index in [4.69, 9.17) is 22.3 Å². The fourth-order valence-electron chi connectivity index (χ4n) is 0.865. The van der Waals surface area contributed by atoms with Crippen molar-refractivity contribution in [1.29, 1.82) is 0 Å². The van der Waals surface area contributed by atoms with Crippen molar-refractivity contribution in [2.75, 3.05) is 0 Å². The van der Waals surface area contributed by atoms with Gasteiger partial charge in [-0.25, -0.2) is 26.6 Å². The van der Waals surface area contributed by atoms with E-state index < -0.39 is 36.9 Å². The maximum Gasteiger partial charge on any atom is 0.266 e. The van der Waals surface area contributed by atoms with Gasteiger partial charge in [-0.15, -0.1) is 0 Å². The van der Waals surface area contributed by atoms with E-state index in [-0.39, 0.29) is 0 Å². The van der Waals surface area contributed by atoms with Crippen LogP contribution in [0.4, 0.5) is 13.2 Å². The molecule has 1 aromatic heterocycles. The zero-order chi connectivity index (χ0) is 11.8. The van der Waals surface area contributed by atoms with Gasteiger partial charge < -0.3 is 0 Å². The minimum Gasteiger partial charge on any atom is -0.241 e. The summed E-state index contributed by atoms with van der Waals surface area (Å²) in [6.07, 6.45) is -2.75. The molecule has 0 saturated heterocycles. The van der Waals surface area contributed by atoms with Crippen LogP contribution in [0.25, 0.3) is 0 Å². The van der Waals surface area contributed by atoms with Gasteiger partial charge in [-0.3, -0.25) is 0 Å². The van der Waals surface area contributed by atoms with Gasteiger partial charge in [0.15, 0.2) is 11.0 Å². The molecular weight excluding hydrogens is 278 g/mol. The van der Waals surface area contributed by atoms with Gasteiger partial charge in [-0.2, -0.15) is 0 Å². The first-order valence-electron chi connectivity index (χ1n) is 3.32. The molecule has 0 fully saturated rings. The van der Waals surface area contributed by atoms with Crippen LogP contribution < -0.4 is 0 Å². The van der Waals surface area contributed by atoms with E-state index in [0.717, 1.165) is 0 Å². The number of hydrogen-bond acceptors (Lipinski definition) is 3. The Hall–Kier alpha value is -0.530. The lowest BCUT2D eigenvalue weighted by Gasteiger charge is -2.06. The molecule has 3 nitrogen and oxygen atoms in total. The fraction of sp³-hybridized carbons (Fsp3) is 0.167. The monoisotopic (exact) mass is 279 g/mol. The molecule has 0 radical (unpaired) electrons. The van der Waals surface area contributed by atoms with E-state index in [1.807, 2.05) is 0 Å². The number of pyridine rings is 1. The Labute approximate surface area is 92.2 Å². The van der Waals surface area contributed by atoms with Gasteiger partial charge in [0, 0.05) is 16.9 Å². The number of nitrogens with zero attached hydrogens (tertiary/aromatic N) is 1. The minimum absolute atomic E-state index is 0.464. The Morgan fingerprint density at radius 2 is 1.93 bits per heavy atom. The van der Waals surface area contributed by atoms with Gasteiger partial charge >= 0.3 is 0 Å². The van der Waals surface area contributed by atoms with Crippen LogP contribution in [-0.4, -0.2) is 13.4 Å². The predicted octanol–water partition coefficient (Wildman–Crippen LogP) is 2.74. The van der Waals surface area contributed by atoms with E-state index in [1.54, 1.807) is 0 Å². The van der Waals surface area contributed by atoms with Crippen LogP contribution in [0.2, 0.25) is 5.15 Å². The highest BCUT2D eigenvalue weighted by molar-refractivity contribution is 8.13. The van der Waals surface area contributed by atoms with E-state index in [9.17, 15) is 21.6 Å². The SMILES string of the molecule is O=S(=O)(Cl)c1c(C(F)F)cnc(Cl)c1F. The zero-order valence-electron chi connectivity index (χ0n) is 6.72. The third kappa shape index (κ3) is 2.53. The van der Waals surface area contributed by atoms with E-state index >= 15 is 0 Å². The predicted molar refractivity (Wildman–Crippen MR) is 47.2 cm³/mol. The second-order valence-corrected chi connectivity index (χ2v) is 5.25. The first-order chi connectivity index (χ1) is 6.75. The lowest BCUT2D eigenvalue weighted by molar-refractivity contribution is 0.146. The first-order valence-corrected chi connectivity index (χ1v) is 6.00. The normalized spacial score (nSPS) is 12.1. The summed E-state index contributed by atoms with van der Waals surface area (Å²) in [6, 6.07) is 0. The summed E-state index contributed by atoms with van der Waals surface area (Å²) >= 11 is 5.14. The summed E-state index contributed by atoms with van der Waals surface area (Å²) in [5.41, 5.74) is -1.12. The van der Waals surface area contributed by atoms with Crippen LogP contribution in [-0.2, 0) is 9.05 Å². The Morgan fingerprint density at radius 1 is 1.40 bits per heavy atom. The highest BCUT2D eigenvalue weighted by Crippen LogP contribution is 2.32. The van der Waals surface area contributed by atoms with Crippen molar-refractivity contribution in [2.24, 2.45) is 0 Å². The Morgan fingerprint density at radius 3 is 2.33 bits per heavy atom. The molecule has 0 aromatic carbocycles. The number of alkyl halides is 2. The molecule has 0 aliphatic rings. The molecule has 1 heterocycles. The molecule has 0 unspecified atom stereocenters.